The Kier molecular flexibility index (Phi) is 7.71. The van der Waals surface area contributed by atoms with E-state index in [2.05, 4.69) is 5.32 Å². The predicted molar refractivity (Wildman–Crippen MR) is 117 cm³/mol. The number of anilines is 1. The molecular formula is C23H27ClN2O4. The number of nitrogens with zero attached hydrogens (tertiary/aromatic N) is 1. The molecule has 1 aliphatic rings. The van der Waals surface area contributed by atoms with Crippen molar-refractivity contribution < 1.29 is 19.1 Å². The SMILES string of the molecule is Cc1cccc(NC(=O)CN(C[C@@H]2CCCO2)C(=O)COc2ccc(Cl)cc2)c1C. The monoisotopic (exact) mass is 430 g/mol. The molecular weight excluding hydrogens is 404 g/mol. The molecule has 6 nitrogen and oxygen atoms in total. The molecule has 3 rings (SSSR count). The lowest BCUT2D eigenvalue weighted by Crippen LogP contribution is -2.44. The Hall–Kier alpha value is -2.57. The summed E-state index contributed by atoms with van der Waals surface area (Å²) in [6.07, 6.45) is 1.78. The van der Waals surface area contributed by atoms with Crippen LogP contribution in [0.4, 0.5) is 5.69 Å². The van der Waals surface area contributed by atoms with Gasteiger partial charge in [-0.25, -0.2) is 0 Å². The maximum Gasteiger partial charge on any atom is 0.261 e. The fraction of sp³-hybridized carbons (Fsp3) is 0.391. The molecule has 1 heterocycles. The molecule has 0 aliphatic carbocycles. The molecule has 2 aromatic carbocycles. The third kappa shape index (κ3) is 6.21. The largest absolute Gasteiger partial charge is 0.484 e. The van der Waals surface area contributed by atoms with E-state index in [0.717, 1.165) is 29.7 Å². The van der Waals surface area contributed by atoms with E-state index in [-0.39, 0.29) is 31.1 Å². The van der Waals surface area contributed by atoms with Crippen molar-refractivity contribution in [2.24, 2.45) is 0 Å². The number of carbonyl (C=O) groups is 2. The molecule has 1 saturated heterocycles. The number of benzene rings is 2. The van der Waals surface area contributed by atoms with E-state index in [1.165, 1.54) is 4.90 Å². The van der Waals surface area contributed by atoms with E-state index >= 15 is 0 Å². The highest BCUT2D eigenvalue weighted by molar-refractivity contribution is 6.30. The Morgan fingerprint density at radius 3 is 2.67 bits per heavy atom. The minimum absolute atomic E-state index is 0.0574. The standard InChI is InChI=1S/C23H27ClN2O4/c1-16-5-3-7-21(17(16)2)25-22(27)14-26(13-20-6-4-12-29-20)23(28)15-30-19-10-8-18(24)9-11-19/h3,5,7-11,20H,4,6,12-15H2,1-2H3,(H,25,27)/t20-/m0/s1. The molecule has 0 aromatic heterocycles. The van der Waals surface area contributed by atoms with Crippen molar-refractivity contribution in [2.45, 2.75) is 32.8 Å². The summed E-state index contributed by atoms with van der Waals surface area (Å²) in [7, 11) is 0. The summed E-state index contributed by atoms with van der Waals surface area (Å²) in [6, 6.07) is 12.5. The van der Waals surface area contributed by atoms with Gasteiger partial charge >= 0.3 is 0 Å². The van der Waals surface area contributed by atoms with Crippen molar-refractivity contribution in [3.8, 4) is 5.75 Å². The van der Waals surface area contributed by atoms with Crippen LogP contribution < -0.4 is 10.1 Å². The van der Waals surface area contributed by atoms with Crippen LogP contribution in [-0.4, -0.2) is 49.1 Å². The lowest BCUT2D eigenvalue weighted by atomic mass is 10.1. The van der Waals surface area contributed by atoms with E-state index in [1.54, 1.807) is 24.3 Å². The Morgan fingerprint density at radius 2 is 1.97 bits per heavy atom. The summed E-state index contributed by atoms with van der Waals surface area (Å²) in [4.78, 5) is 27.0. The van der Waals surface area contributed by atoms with Crippen LogP contribution in [0.2, 0.25) is 5.02 Å². The third-order valence-corrected chi connectivity index (χ3v) is 5.44. The first-order chi connectivity index (χ1) is 14.4. The second-order valence-electron chi connectivity index (χ2n) is 7.45. The average Bonchev–Trinajstić information content (AvgIpc) is 3.23. The molecule has 0 bridgehead atoms. The van der Waals surface area contributed by atoms with Crippen LogP contribution >= 0.6 is 11.6 Å². The zero-order valence-corrected chi connectivity index (χ0v) is 18.1. The molecule has 2 aromatic rings. The topological polar surface area (TPSA) is 67.9 Å². The molecule has 7 heteroatoms. The predicted octanol–water partition coefficient (Wildman–Crippen LogP) is 3.98. The number of hydrogen-bond donors (Lipinski definition) is 1. The third-order valence-electron chi connectivity index (χ3n) is 5.19. The van der Waals surface area contributed by atoms with Crippen molar-refractivity contribution in [1.29, 1.82) is 0 Å². The number of rotatable bonds is 8. The van der Waals surface area contributed by atoms with Crippen LogP contribution in [0.5, 0.6) is 5.75 Å². The van der Waals surface area contributed by atoms with Gasteiger partial charge in [-0.05, 0) is 68.1 Å². The molecule has 1 N–H and O–H groups in total. The molecule has 1 fully saturated rings. The molecule has 30 heavy (non-hydrogen) atoms. The number of nitrogens with one attached hydrogen (secondary N) is 1. The zero-order chi connectivity index (χ0) is 21.5. The van der Waals surface area contributed by atoms with Gasteiger partial charge in [0.05, 0.1) is 6.10 Å². The van der Waals surface area contributed by atoms with Crippen molar-refractivity contribution >= 4 is 29.1 Å². The summed E-state index contributed by atoms with van der Waals surface area (Å²) >= 11 is 5.88. The van der Waals surface area contributed by atoms with Gasteiger partial charge in [0.15, 0.2) is 6.61 Å². The van der Waals surface area contributed by atoms with E-state index in [0.29, 0.717) is 23.9 Å². The Labute approximate surface area is 182 Å². The lowest BCUT2D eigenvalue weighted by Gasteiger charge is -2.25. The highest BCUT2D eigenvalue weighted by Crippen LogP contribution is 2.19. The fourth-order valence-corrected chi connectivity index (χ4v) is 3.43. The number of hydrogen-bond acceptors (Lipinski definition) is 4. The van der Waals surface area contributed by atoms with Gasteiger partial charge < -0.3 is 19.7 Å². The first-order valence-corrected chi connectivity index (χ1v) is 10.4. The van der Waals surface area contributed by atoms with Gasteiger partial charge in [0.25, 0.3) is 5.91 Å². The van der Waals surface area contributed by atoms with Crippen LogP contribution in [0.25, 0.3) is 0 Å². The highest BCUT2D eigenvalue weighted by Gasteiger charge is 2.25. The minimum Gasteiger partial charge on any atom is -0.484 e. The van der Waals surface area contributed by atoms with Gasteiger partial charge in [-0.2, -0.15) is 0 Å². The summed E-state index contributed by atoms with van der Waals surface area (Å²) < 4.78 is 11.2. The Balaban J connectivity index is 1.63. The van der Waals surface area contributed by atoms with Gasteiger partial charge in [-0.15, -0.1) is 0 Å². The fourth-order valence-electron chi connectivity index (χ4n) is 3.31. The molecule has 1 atom stereocenters. The summed E-state index contributed by atoms with van der Waals surface area (Å²) in [5.74, 6) is 0.0303. The van der Waals surface area contributed by atoms with Gasteiger partial charge in [0.1, 0.15) is 12.3 Å². The number of carbonyl (C=O) groups excluding carboxylic acids is 2. The molecule has 0 radical (unpaired) electrons. The normalized spacial score (nSPS) is 15.6. The van der Waals surface area contributed by atoms with Crippen LogP contribution in [0.3, 0.4) is 0 Å². The lowest BCUT2D eigenvalue weighted by molar-refractivity contribution is -0.138. The first kappa shape index (κ1) is 22.1. The second kappa shape index (κ2) is 10.5. The average molecular weight is 431 g/mol. The molecule has 0 saturated carbocycles. The maximum atomic E-state index is 12.8. The zero-order valence-electron chi connectivity index (χ0n) is 17.3. The molecule has 0 unspecified atom stereocenters. The van der Waals surface area contributed by atoms with Crippen LogP contribution in [0.15, 0.2) is 42.5 Å². The van der Waals surface area contributed by atoms with Gasteiger partial charge in [0.2, 0.25) is 5.91 Å². The van der Waals surface area contributed by atoms with E-state index in [9.17, 15) is 9.59 Å². The second-order valence-corrected chi connectivity index (χ2v) is 7.88. The smallest absolute Gasteiger partial charge is 0.261 e. The van der Waals surface area contributed by atoms with Crippen LogP contribution in [-0.2, 0) is 14.3 Å². The molecule has 1 aliphatic heterocycles. The summed E-state index contributed by atoms with van der Waals surface area (Å²) in [5.41, 5.74) is 2.85. The van der Waals surface area contributed by atoms with Gasteiger partial charge in [-0.3, -0.25) is 9.59 Å². The number of aryl methyl sites for hydroxylation is 1. The van der Waals surface area contributed by atoms with Crippen molar-refractivity contribution in [3.05, 3.63) is 58.6 Å². The van der Waals surface area contributed by atoms with Gasteiger partial charge in [-0.1, -0.05) is 23.7 Å². The summed E-state index contributed by atoms with van der Waals surface area (Å²) in [5, 5.41) is 3.51. The van der Waals surface area contributed by atoms with Crippen LogP contribution in [0, 0.1) is 13.8 Å². The first-order valence-electron chi connectivity index (χ1n) is 10.1. The van der Waals surface area contributed by atoms with Crippen molar-refractivity contribution in [2.75, 3.05) is 31.6 Å². The molecule has 0 spiro atoms. The Morgan fingerprint density at radius 1 is 1.20 bits per heavy atom. The maximum absolute atomic E-state index is 12.8. The van der Waals surface area contributed by atoms with E-state index in [4.69, 9.17) is 21.1 Å². The molecule has 2 amide bonds. The number of amides is 2. The van der Waals surface area contributed by atoms with E-state index in [1.807, 2.05) is 32.0 Å². The number of ether oxygens (including phenoxy) is 2. The van der Waals surface area contributed by atoms with Crippen molar-refractivity contribution in [3.63, 3.8) is 0 Å². The van der Waals surface area contributed by atoms with Gasteiger partial charge in [0, 0.05) is 23.9 Å². The number of halogens is 1. The van der Waals surface area contributed by atoms with E-state index < -0.39 is 0 Å². The van der Waals surface area contributed by atoms with Crippen LogP contribution in [0.1, 0.15) is 24.0 Å². The van der Waals surface area contributed by atoms with Crippen molar-refractivity contribution in [1.82, 2.24) is 4.90 Å². The Bertz CT molecular complexity index is 879. The quantitative estimate of drug-likeness (QED) is 0.687. The molecule has 160 valence electrons. The minimum atomic E-state index is -0.267. The highest BCUT2D eigenvalue weighted by atomic mass is 35.5. The summed E-state index contributed by atoms with van der Waals surface area (Å²) in [6.45, 7) is 4.78.